The average Bonchev–Trinajstić information content (AvgIpc) is 3.60. The number of rotatable bonds is 6. The molecule has 6 nitrogen and oxygen atoms in total. The summed E-state index contributed by atoms with van der Waals surface area (Å²) in [5, 5.41) is 15.3. The Morgan fingerprint density at radius 3 is 1.27 bits per heavy atom. The number of hydrogen-bond acceptors (Lipinski definition) is 2. The molecule has 2 aromatic heterocycles. The minimum absolute atomic E-state index is 0.508. The quantitative estimate of drug-likeness (QED) is 0.195. The second kappa shape index (κ2) is 11.0. The minimum atomic E-state index is 0.508. The monoisotopic (exact) mass is 584 g/mol. The summed E-state index contributed by atoms with van der Waals surface area (Å²) in [7, 11) is 0. The van der Waals surface area contributed by atoms with Gasteiger partial charge >= 0.3 is 0 Å². The van der Waals surface area contributed by atoms with E-state index in [1.54, 1.807) is 0 Å². The standard InChI is InChI=1S/C39H32N6/c1-28-42(36-25-13-17-30-15-9-11-23-34(30)36)38(40-44(28)32-19-5-3-6-20-32)27-39-41-45(33-21-7-4-8-22-33)29(2)43(39)37-26-14-18-31-16-10-12-24-35(31)37/h3-26H,27H2,1-2H3/q+2. The number of para-hydroxylation sites is 2. The van der Waals surface area contributed by atoms with Crippen LogP contribution in [0.1, 0.15) is 23.3 Å². The van der Waals surface area contributed by atoms with Gasteiger partial charge in [0.15, 0.2) is 0 Å². The van der Waals surface area contributed by atoms with Crippen molar-refractivity contribution >= 4 is 21.5 Å². The van der Waals surface area contributed by atoms with Gasteiger partial charge in [-0.05, 0) is 47.2 Å². The third-order valence-corrected chi connectivity index (χ3v) is 8.54. The van der Waals surface area contributed by atoms with Gasteiger partial charge in [0.2, 0.25) is 11.6 Å². The molecule has 0 spiro atoms. The molecule has 8 aromatic rings. The van der Waals surface area contributed by atoms with Crippen molar-refractivity contribution in [1.29, 1.82) is 0 Å². The second-order valence-corrected chi connectivity index (χ2v) is 11.3. The van der Waals surface area contributed by atoms with E-state index in [9.17, 15) is 0 Å². The van der Waals surface area contributed by atoms with E-state index < -0.39 is 0 Å². The summed E-state index contributed by atoms with van der Waals surface area (Å²) in [6.07, 6.45) is 0.508. The van der Waals surface area contributed by atoms with Crippen molar-refractivity contribution < 1.29 is 9.13 Å². The SMILES string of the molecule is Cc1n(-c2ccccc2)nc(Cc2nn(-c3ccccc3)c(C)[n+]2-c2cccc3ccccc23)[n+]1-c1cccc2ccccc12. The Kier molecular flexibility index (Phi) is 6.53. The van der Waals surface area contributed by atoms with Gasteiger partial charge in [-0.25, -0.2) is 0 Å². The summed E-state index contributed by atoms with van der Waals surface area (Å²) in [6.45, 7) is 4.27. The maximum absolute atomic E-state index is 5.28. The van der Waals surface area contributed by atoms with Crippen LogP contribution in [0.3, 0.4) is 0 Å². The molecule has 6 aromatic carbocycles. The molecule has 0 aliphatic heterocycles. The van der Waals surface area contributed by atoms with E-state index in [2.05, 4.69) is 156 Å². The van der Waals surface area contributed by atoms with Crippen molar-refractivity contribution in [1.82, 2.24) is 19.6 Å². The van der Waals surface area contributed by atoms with Crippen LogP contribution in [-0.2, 0) is 6.42 Å². The number of hydrogen-bond donors (Lipinski definition) is 0. The molecular formula is C39H32N6+2. The smallest absolute Gasteiger partial charge is 0.197 e. The highest BCUT2D eigenvalue weighted by Crippen LogP contribution is 2.23. The maximum atomic E-state index is 5.28. The number of benzene rings is 6. The number of nitrogens with zero attached hydrogens (tertiary/aromatic N) is 6. The third kappa shape index (κ3) is 4.59. The summed E-state index contributed by atoms with van der Waals surface area (Å²) in [4.78, 5) is 0. The molecule has 0 saturated heterocycles. The topological polar surface area (TPSA) is 43.4 Å². The van der Waals surface area contributed by atoms with E-state index in [1.165, 1.54) is 21.5 Å². The Morgan fingerprint density at radius 1 is 0.444 bits per heavy atom. The van der Waals surface area contributed by atoms with Gasteiger partial charge in [0.25, 0.3) is 11.6 Å². The third-order valence-electron chi connectivity index (χ3n) is 8.54. The molecule has 6 heteroatoms. The molecule has 8 rings (SSSR count). The number of aromatic nitrogens is 6. The van der Waals surface area contributed by atoms with E-state index in [4.69, 9.17) is 10.2 Å². The van der Waals surface area contributed by atoms with E-state index in [-0.39, 0.29) is 0 Å². The van der Waals surface area contributed by atoms with Gasteiger partial charge in [-0.1, -0.05) is 119 Å². The lowest BCUT2D eigenvalue weighted by atomic mass is 10.1. The second-order valence-electron chi connectivity index (χ2n) is 11.3. The zero-order chi connectivity index (χ0) is 30.3. The molecule has 2 heterocycles. The molecule has 0 saturated carbocycles. The van der Waals surface area contributed by atoms with Gasteiger partial charge < -0.3 is 0 Å². The van der Waals surface area contributed by atoms with Crippen molar-refractivity contribution in [2.75, 3.05) is 0 Å². The van der Waals surface area contributed by atoms with Gasteiger partial charge in [-0.15, -0.1) is 0 Å². The molecule has 0 atom stereocenters. The van der Waals surface area contributed by atoms with Crippen LogP contribution in [0.5, 0.6) is 0 Å². The van der Waals surface area contributed by atoms with Gasteiger partial charge in [0, 0.05) is 34.8 Å². The minimum Gasteiger partial charge on any atom is -0.197 e. The molecule has 0 bridgehead atoms. The fourth-order valence-corrected chi connectivity index (χ4v) is 6.46. The van der Waals surface area contributed by atoms with Crippen molar-refractivity contribution in [3.63, 3.8) is 0 Å². The van der Waals surface area contributed by atoms with Crippen LogP contribution in [-0.4, -0.2) is 19.6 Å². The van der Waals surface area contributed by atoms with Gasteiger partial charge in [0.1, 0.15) is 29.2 Å². The van der Waals surface area contributed by atoms with Crippen LogP contribution in [0, 0.1) is 13.8 Å². The summed E-state index contributed by atoms with van der Waals surface area (Å²) in [5.74, 6) is 3.84. The van der Waals surface area contributed by atoms with Crippen molar-refractivity contribution in [2.24, 2.45) is 0 Å². The first-order chi connectivity index (χ1) is 22.2. The highest BCUT2D eigenvalue weighted by Gasteiger charge is 2.33. The highest BCUT2D eigenvalue weighted by atomic mass is 15.4. The highest BCUT2D eigenvalue weighted by molar-refractivity contribution is 5.89. The average molecular weight is 585 g/mol. The maximum Gasteiger partial charge on any atom is 0.293 e. The molecule has 0 amide bonds. The first kappa shape index (κ1) is 26.7. The van der Waals surface area contributed by atoms with Crippen molar-refractivity contribution in [3.05, 3.63) is 169 Å². The van der Waals surface area contributed by atoms with Crippen molar-refractivity contribution in [3.8, 4) is 22.7 Å². The Labute approximate surface area is 261 Å². The fraction of sp³-hybridized carbons (Fsp3) is 0.0769. The van der Waals surface area contributed by atoms with Crippen LogP contribution in [0.25, 0.3) is 44.3 Å². The summed E-state index contributed by atoms with van der Waals surface area (Å²) >= 11 is 0. The lowest BCUT2D eigenvalue weighted by Crippen LogP contribution is -2.41. The van der Waals surface area contributed by atoms with Crippen LogP contribution in [0.2, 0.25) is 0 Å². The molecule has 0 radical (unpaired) electrons. The largest absolute Gasteiger partial charge is 0.293 e. The van der Waals surface area contributed by atoms with Crippen LogP contribution in [0.15, 0.2) is 146 Å². The van der Waals surface area contributed by atoms with Gasteiger partial charge in [-0.3, -0.25) is 0 Å². The first-order valence-corrected chi connectivity index (χ1v) is 15.3. The molecule has 0 N–H and O–H groups in total. The molecule has 216 valence electrons. The Hall–Kier alpha value is -5.88. The molecule has 0 fully saturated rings. The molecule has 0 aliphatic rings. The van der Waals surface area contributed by atoms with Gasteiger partial charge in [-0.2, -0.15) is 9.13 Å². The predicted octanol–water partition coefficient (Wildman–Crippen LogP) is 7.13. The predicted molar refractivity (Wildman–Crippen MR) is 177 cm³/mol. The number of fused-ring (bicyclic) bond motifs is 2. The zero-order valence-electron chi connectivity index (χ0n) is 25.2. The van der Waals surface area contributed by atoms with Crippen LogP contribution >= 0.6 is 0 Å². The molecule has 0 aliphatic carbocycles. The lowest BCUT2D eigenvalue weighted by molar-refractivity contribution is -0.623. The van der Waals surface area contributed by atoms with E-state index in [0.717, 1.165) is 46.0 Å². The van der Waals surface area contributed by atoms with Crippen LogP contribution in [0.4, 0.5) is 0 Å². The Balaban J connectivity index is 1.39. The zero-order valence-corrected chi connectivity index (χ0v) is 25.2. The normalized spacial score (nSPS) is 11.4. The Bertz CT molecular complexity index is 2140. The van der Waals surface area contributed by atoms with E-state index >= 15 is 0 Å². The lowest BCUT2D eigenvalue weighted by Gasteiger charge is -2.08. The summed E-state index contributed by atoms with van der Waals surface area (Å²) in [6, 6.07) is 50.7. The van der Waals surface area contributed by atoms with Gasteiger partial charge in [0.05, 0.1) is 0 Å². The van der Waals surface area contributed by atoms with E-state index in [0.29, 0.717) is 6.42 Å². The van der Waals surface area contributed by atoms with E-state index in [1.807, 2.05) is 21.5 Å². The first-order valence-electron chi connectivity index (χ1n) is 15.3. The summed E-state index contributed by atoms with van der Waals surface area (Å²) in [5.41, 5.74) is 4.23. The molecular weight excluding hydrogens is 552 g/mol. The van der Waals surface area contributed by atoms with Crippen LogP contribution < -0.4 is 9.13 Å². The molecule has 0 unspecified atom stereocenters. The van der Waals surface area contributed by atoms with Crippen molar-refractivity contribution in [2.45, 2.75) is 20.3 Å². The Morgan fingerprint density at radius 2 is 0.822 bits per heavy atom. The molecule has 45 heavy (non-hydrogen) atoms. The fourth-order valence-electron chi connectivity index (χ4n) is 6.46. The summed E-state index contributed by atoms with van der Waals surface area (Å²) < 4.78 is 8.67.